The highest BCUT2D eigenvalue weighted by Crippen LogP contribution is 2.34. The van der Waals surface area contributed by atoms with E-state index < -0.39 is 29.3 Å². The Balaban J connectivity index is 1.67. The van der Waals surface area contributed by atoms with Crippen LogP contribution in [0.3, 0.4) is 0 Å². The summed E-state index contributed by atoms with van der Waals surface area (Å²) in [7, 11) is 0. The highest BCUT2D eigenvalue weighted by molar-refractivity contribution is 9.10. The molecule has 0 spiro atoms. The SMILES string of the molecule is CCc1c(N2CCN(C(=O)OC(C)(C)C)CC2)c(=O)c2nc(Br)cnc2n1CC(=O)Nc1ccc(C(F)(F)F)cc1Cl. The quantitative estimate of drug-likeness (QED) is 0.382. The molecule has 10 nitrogen and oxygen atoms in total. The van der Waals surface area contributed by atoms with E-state index in [-0.39, 0.29) is 33.8 Å². The van der Waals surface area contributed by atoms with Crippen molar-refractivity contribution in [1.29, 1.82) is 0 Å². The lowest BCUT2D eigenvalue weighted by Gasteiger charge is -2.37. The number of aromatic nitrogens is 3. The monoisotopic (exact) mass is 672 g/mol. The van der Waals surface area contributed by atoms with Crippen molar-refractivity contribution in [1.82, 2.24) is 19.4 Å². The molecule has 0 bridgehead atoms. The fourth-order valence-electron chi connectivity index (χ4n) is 4.63. The van der Waals surface area contributed by atoms with Crippen molar-refractivity contribution in [3.8, 4) is 0 Å². The summed E-state index contributed by atoms with van der Waals surface area (Å²) in [4.78, 5) is 51.6. The molecule has 3 heterocycles. The van der Waals surface area contributed by atoms with Crippen molar-refractivity contribution in [3.63, 3.8) is 0 Å². The lowest BCUT2D eigenvalue weighted by Crippen LogP contribution is -2.51. The van der Waals surface area contributed by atoms with E-state index >= 15 is 0 Å². The number of benzene rings is 1. The largest absolute Gasteiger partial charge is 0.444 e. The number of fused-ring (bicyclic) bond motifs is 1. The molecule has 1 aliphatic rings. The molecule has 2 aromatic heterocycles. The number of anilines is 2. The van der Waals surface area contributed by atoms with E-state index in [1.807, 2.05) is 11.8 Å². The molecule has 0 saturated carbocycles. The Kier molecular flexibility index (Phi) is 9.07. The minimum absolute atomic E-state index is 0.00498. The summed E-state index contributed by atoms with van der Waals surface area (Å²) in [6, 6.07) is 2.65. The highest BCUT2D eigenvalue weighted by Gasteiger charge is 2.32. The number of nitrogens with one attached hydrogen (secondary N) is 1. The molecule has 1 aliphatic heterocycles. The maximum absolute atomic E-state index is 13.8. The second-order valence-electron chi connectivity index (χ2n) is 10.6. The maximum atomic E-state index is 13.8. The van der Waals surface area contributed by atoms with E-state index in [1.54, 1.807) is 30.2 Å². The molecule has 0 aliphatic carbocycles. The Morgan fingerprint density at radius 2 is 1.81 bits per heavy atom. The van der Waals surface area contributed by atoms with Crippen LogP contribution in [-0.2, 0) is 28.7 Å². The molecule has 226 valence electrons. The van der Waals surface area contributed by atoms with E-state index in [0.29, 0.717) is 48.6 Å². The van der Waals surface area contributed by atoms with Crippen LogP contribution in [0.2, 0.25) is 5.02 Å². The lowest BCUT2D eigenvalue weighted by atomic mass is 10.1. The zero-order valence-electron chi connectivity index (χ0n) is 23.3. The van der Waals surface area contributed by atoms with Crippen LogP contribution in [0.25, 0.3) is 11.2 Å². The fourth-order valence-corrected chi connectivity index (χ4v) is 5.14. The van der Waals surface area contributed by atoms with Crippen LogP contribution in [0.1, 0.15) is 39.0 Å². The first kappa shape index (κ1) is 31.5. The van der Waals surface area contributed by atoms with Crippen molar-refractivity contribution in [3.05, 3.63) is 55.5 Å². The van der Waals surface area contributed by atoms with Crippen LogP contribution in [0, 0.1) is 0 Å². The molecule has 0 atom stereocenters. The third kappa shape index (κ3) is 6.97. The molecule has 1 fully saturated rings. The molecule has 1 aromatic carbocycles. The molecule has 1 saturated heterocycles. The number of piperazine rings is 1. The number of hydrogen-bond donors (Lipinski definition) is 1. The van der Waals surface area contributed by atoms with Gasteiger partial charge >= 0.3 is 12.3 Å². The second-order valence-corrected chi connectivity index (χ2v) is 11.8. The summed E-state index contributed by atoms with van der Waals surface area (Å²) < 4.78 is 46.5. The summed E-state index contributed by atoms with van der Waals surface area (Å²) in [5.74, 6) is -0.596. The van der Waals surface area contributed by atoms with Gasteiger partial charge in [0.15, 0.2) is 11.2 Å². The summed E-state index contributed by atoms with van der Waals surface area (Å²) in [5, 5.41) is 2.28. The standard InChI is InChI=1S/C27H29BrClF3N6O4/c1-5-18-22(36-8-10-37(11-9-36)25(41)42-26(2,3)4)23(40)21-24(33-13-19(28)35-21)38(18)14-20(39)34-17-7-6-15(12-16(17)29)27(30,31)32/h6-7,12-13H,5,8-11,14H2,1-4H3,(H,34,39). The molecule has 42 heavy (non-hydrogen) atoms. The molecular weight excluding hydrogens is 645 g/mol. The average Bonchev–Trinajstić information content (AvgIpc) is 2.89. The van der Waals surface area contributed by atoms with Crippen LogP contribution in [0.4, 0.5) is 29.3 Å². The number of pyridine rings is 1. The Morgan fingerprint density at radius 1 is 1.14 bits per heavy atom. The summed E-state index contributed by atoms with van der Waals surface area (Å²) in [5.41, 5.74) is -0.898. The number of alkyl halides is 3. The number of carbonyl (C=O) groups excluding carboxylic acids is 2. The lowest BCUT2D eigenvalue weighted by molar-refractivity contribution is -0.137. The number of amides is 2. The molecule has 4 rings (SSSR count). The number of hydrogen-bond acceptors (Lipinski definition) is 7. The number of carbonyl (C=O) groups is 2. The first-order chi connectivity index (χ1) is 19.6. The van der Waals surface area contributed by atoms with E-state index in [0.717, 1.165) is 18.2 Å². The van der Waals surface area contributed by atoms with Crippen LogP contribution >= 0.6 is 27.5 Å². The van der Waals surface area contributed by atoms with Gasteiger partial charge in [-0.05, 0) is 61.3 Å². The highest BCUT2D eigenvalue weighted by atomic mass is 79.9. The Morgan fingerprint density at radius 3 is 2.38 bits per heavy atom. The van der Waals surface area contributed by atoms with E-state index in [2.05, 4.69) is 31.2 Å². The maximum Gasteiger partial charge on any atom is 0.416 e. The first-order valence-electron chi connectivity index (χ1n) is 13.1. The number of rotatable bonds is 5. The Hall–Kier alpha value is -3.39. The Labute approximate surface area is 252 Å². The van der Waals surface area contributed by atoms with Gasteiger partial charge in [-0.15, -0.1) is 0 Å². The van der Waals surface area contributed by atoms with Gasteiger partial charge < -0.3 is 24.4 Å². The van der Waals surface area contributed by atoms with Crippen molar-refractivity contribution in [2.45, 2.75) is 52.4 Å². The van der Waals surface area contributed by atoms with Gasteiger partial charge in [-0.25, -0.2) is 14.8 Å². The van der Waals surface area contributed by atoms with Crippen LogP contribution in [0.15, 0.2) is 33.8 Å². The first-order valence-corrected chi connectivity index (χ1v) is 14.2. The van der Waals surface area contributed by atoms with Gasteiger partial charge in [0.25, 0.3) is 0 Å². The predicted octanol–water partition coefficient (Wildman–Crippen LogP) is 5.48. The molecular formula is C27H29BrClF3N6O4. The van der Waals surface area contributed by atoms with E-state index in [1.165, 1.54) is 6.20 Å². The molecule has 15 heteroatoms. The topological polar surface area (TPSA) is 110 Å². The summed E-state index contributed by atoms with van der Waals surface area (Å²) in [6.07, 6.45) is -3.28. The average molecular weight is 674 g/mol. The van der Waals surface area contributed by atoms with Crippen molar-refractivity contribution >= 4 is 62.1 Å². The van der Waals surface area contributed by atoms with Gasteiger partial charge in [-0.3, -0.25) is 9.59 Å². The van der Waals surface area contributed by atoms with Gasteiger partial charge in [0.05, 0.1) is 22.5 Å². The summed E-state index contributed by atoms with van der Waals surface area (Å²) >= 11 is 9.29. The van der Waals surface area contributed by atoms with Crippen molar-refractivity contribution in [2.24, 2.45) is 0 Å². The van der Waals surface area contributed by atoms with Gasteiger partial charge in [-0.2, -0.15) is 13.2 Å². The molecule has 1 N–H and O–H groups in total. The predicted molar refractivity (Wildman–Crippen MR) is 156 cm³/mol. The fraction of sp³-hybridized carbons (Fsp3) is 0.444. The third-order valence-electron chi connectivity index (χ3n) is 6.46. The smallest absolute Gasteiger partial charge is 0.416 e. The van der Waals surface area contributed by atoms with Crippen molar-refractivity contribution in [2.75, 3.05) is 36.4 Å². The molecule has 2 amide bonds. The third-order valence-corrected chi connectivity index (χ3v) is 7.16. The minimum Gasteiger partial charge on any atom is -0.444 e. The second kappa shape index (κ2) is 12.1. The minimum atomic E-state index is -4.58. The molecule has 0 unspecified atom stereocenters. The van der Waals surface area contributed by atoms with Gasteiger partial charge in [-0.1, -0.05) is 18.5 Å². The van der Waals surface area contributed by atoms with Crippen LogP contribution < -0.4 is 15.6 Å². The zero-order valence-corrected chi connectivity index (χ0v) is 25.7. The van der Waals surface area contributed by atoms with Crippen LogP contribution in [0.5, 0.6) is 0 Å². The molecule has 3 aromatic rings. The molecule has 0 radical (unpaired) electrons. The zero-order chi connectivity index (χ0) is 31.0. The van der Waals surface area contributed by atoms with Crippen LogP contribution in [-0.4, -0.2) is 63.2 Å². The number of ether oxygens (including phenoxy) is 1. The van der Waals surface area contributed by atoms with Crippen molar-refractivity contribution < 1.29 is 27.5 Å². The van der Waals surface area contributed by atoms with Gasteiger partial charge in [0, 0.05) is 31.9 Å². The van der Waals surface area contributed by atoms with Gasteiger partial charge in [0.1, 0.15) is 22.4 Å². The van der Waals surface area contributed by atoms with Gasteiger partial charge in [0.2, 0.25) is 11.3 Å². The normalized spacial score (nSPS) is 14.3. The van der Waals surface area contributed by atoms with E-state index in [4.69, 9.17) is 16.3 Å². The Bertz CT molecular complexity index is 1580. The summed E-state index contributed by atoms with van der Waals surface area (Å²) in [6.45, 7) is 8.16. The number of halogens is 5. The van der Waals surface area contributed by atoms with E-state index in [9.17, 15) is 27.6 Å². The number of nitrogens with zero attached hydrogens (tertiary/aromatic N) is 5.